The van der Waals surface area contributed by atoms with Crippen LogP contribution in [0.5, 0.6) is 0 Å². The summed E-state index contributed by atoms with van der Waals surface area (Å²) >= 11 is 0. The van der Waals surface area contributed by atoms with Gasteiger partial charge in [-0.1, -0.05) is 48.0 Å². The smallest absolute Gasteiger partial charge is 0.257 e. The van der Waals surface area contributed by atoms with Gasteiger partial charge in [0.15, 0.2) is 0 Å². The number of imide groups is 1. The lowest BCUT2D eigenvalue weighted by atomic mass is 10.1. The van der Waals surface area contributed by atoms with Crippen LogP contribution < -0.4 is 10.0 Å². The highest BCUT2D eigenvalue weighted by Crippen LogP contribution is 2.28. The Morgan fingerprint density at radius 3 is 2.29 bits per heavy atom. The van der Waals surface area contributed by atoms with Gasteiger partial charge in [-0.25, -0.2) is 18.5 Å². The number of carbonyl (C=O) groups is 3. The number of primary sulfonamides is 1. The number of sulfonamides is 1. The monoisotopic (exact) mass is 477 g/mol. The van der Waals surface area contributed by atoms with Gasteiger partial charge < -0.3 is 4.90 Å². The molecule has 8 nitrogen and oxygen atoms in total. The molecule has 1 saturated heterocycles. The Bertz CT molecular complexity index is 1350. The molecule has 174 valence electrons. The van der Waals surface area contributed by atoms with Gasteiger partial charge in [0.25, 0.3) is 11.8 Å². The molecule has 1 fully saturated rings. The zero-order valence-electron chi connectivity index (χ0n) is 18.4. The Morgan fingerprint density at radius 2 is 1.68 bits per heavy atom. The summed E-state index contributed by atoms with van der Waals surface area (Å²) in [5.74, 6) is -1.39. The second kappa shape index (κ2) is 9.20. The van der Waals surface area contributed by atoms with E-state index in [0.29, 0.717) is 5.56 Å². The van der Waals surface area contributed by atoms with Crippen LogP contribution in [0.3, 0.4) is 0 Å². The van der Waals surface area contributed by atoms with E-state index in [2.05, 4.69) is 0 Å². The van der Waals surface area contributed by atoms with Crippen LogP contribution in [0, 0.1) is 6.92 Å². The summed E-state index contributed by atoms with van der Waals surface area (Å²) < 4.78 is 23.1. The lowest BCUT2D eigenvalue weighted by Gasteiger charge is -2.28. The van der Waals surface area contributed by atoms with Gasteiger partial charge in [0.05, 0.1) is 17.0 Å². The number of anilines is 1. The molecule has 9 heteroatoms. The molecule has 3 aromatic carbocycles. The number of nitrogens with two attached hydrogens (primary N) is 1. The van der Waals surface area contributed by atoms with Crippen LogP contribution in [0.1, 0.15) is 27.9 Å². The zero-order valence-corrected chi connectivity index (χ0v) is 19.2. The van der Waals surface area contributed by atoms with E-state index in [1.54, 1.807) is 18.2 Å². The molecule has 4 rings (SSSR count). The number of amides is 3. The summed E-state index contributed by atoms with van der Waals surface area (Å²) in [5.41, 5.74) is 2.36. The Labute approximate surface area is 197 Å². The second-order valence-electron chi connectivity index (χ2n) is 8.11. The first kappa shape index (κ1) is 23.3. The molecule has 0 saturated carbocycles. The minimum absolute atomic E-state index is 0.132. The van der Waals surface area contributed by atoms with Gasteiger partial charge >= 0.3 is 0 Å². The fourth-order valence-electron chi connectivity index (χ4n) is 3.96. The summed E-state index contributed by atoms with van der Waals surface area (Å²) in [6, 6.07) is 20.5. The molecule has 3 amide bonds. The number of benzene rings is 3. The third kappa shape index (κ3) is 4.75. The maximum atomic E-state index is 13.5. The molecule has 0 aliphatic carbocycles. The van der Waals surface area contributed by atoms with E-state index in [0.717, 1.165) is 16.0 Å². The summed E-state index contributed by atoms with van der Waals surface area (Å²) in [6.45, 7) is 2.02. The summed E-state index contributed by atoms with van der Waals surface area (Å²) in [5, 5.41) is 5.13. The lowest BCUT2D eigenvalue weighted by molar-refractivity contribution is -0.122. The predicted molar refractivity (Wildman–Crippen MR) is 126 cm³/mol. The van der Waals surface area contributed by atoms with E-state index in [1.807, 2.05) is 43.3 Å². The zero-order chi connectivity index (χ0) is 24.5. The van der Waals surface area contributed by atoms with Crippen molar-refractivity contribution < 1.29 is 22.8 Å². The van der Waals surface area contributed by atoms with Gasteiger partial charge in [0, 0.05) is 12.1 Å². The number of carbonyl (C=O) groups excluding carboxylic acids is 3. The van der Waals surface area contributed by atoms with Crippen molar-refractivity contribution in [3.63, 3.8) is 0 Å². The quantitative estimate of drug-likeness (QED) is 0.548. The van der Waals surface area contributed by atoms with Gasteiger partial charge in [-0.15, -0.1) is 0 Å². The third-order valence-corrected chi connectivity index (χ3v) is 6.57. The van der Waals surface area contributed by atoms with Crippen molar-refractivity contribution in [3.05, 3.63) is 95.6 Å². The maximum Gasteiger partial charge on any atom is 0.257 e. The molecule has 1 atom stereocenters. The Morgan fingerprint density at radius 1 is 1.00 bits per heavy atom. The fraction of sp³-hybridized carbons (Fsp3) is 0.160. The first-order chi connectivity index (χ1) is 16.1. The first-order valence-electron chi connectivity index (χ1n) is 10.6. The highest BCUT2D eigenvalue weighted by Gasteiger charge is 2.44. The number of hydrogen-bond acceptors (Lipinski definition) is 5. The molecule has 0 bridgehead atoms. The number of hydrogen-bond donors (Lipinski definition) is 1. The van der Waals surface area contributed by atoms with Crippen LogP contribution in [0.2, 0.25) is 0 Å². The SMILES string of the molecule is Cc1cccc(C(=O)N(Cc2ccccc2)C2CC(=O)N(c3ccc(S(N)(=O)=O)cc3)C2=O)c1. The molecule has 1 aliphatic heterocycles. The van der Waals surface area contributed by atoms with Crippen molar-refractivity contribution in [2.24, 2.45) is 5.14 Å². The van der Waals surface area contributed by atoms with Crippen molar-refractivity contribution >= 4 is 33.4 Å². The molecule has 1 aliphatic rings. The van der Waals surface area contributed by atoms with Crippen LogP contribution >= 0.6 is 0 Å². The highest BCUT2D eigenvalue weighted by atomic mass is 32.2. The Balaban J connectivity index is 1.68. The van der Waals surface area contributed by atoms with Crippen molar-refractivity contribution in [2.45, 2.75) is 30.8 Å². The minimum Gasteiger partial charge on any atom is -0.322 e. The largest absolute Gasteiger partial charge is 0.322 e. The van der Waals surface area contributed by atoms with Gasteiger partial charge in [0.2, 0.25) is 15.9 Å². The number of rotatable bonds is 6. The fourth-order valence-corrected chi connectivity index (χ4v) is 4.48. The average molecular weight is 478 g/mol. The van der Waals surface area contributed by atoms with Crippen LogP contribution in [-0.4, -0.2) is 37.1 Å². The van der Waals surface area contributed by atoms with Gasteiger partial charge in [-0.2, -0.15) is 0 Å². The van der Waals surface area contributed by atoms with E-state index in [-0.39, 0.29) is 29.5 Å². The normalized spacial score (nSPS) is 16.1. The van der Waals surface area contributed by atoms with Crippen LogP contribution in [-0.2, 0) is 26.2 Å². The molecule has 34 heavy (non-hydrogen) atoms. The second-order valence-corrected chi connectivity index (χ2v) is 9.68. The van der Waals surface area contributed by atoms with E-state index < -0.39 is 27.9 Å². The van der Waals surface area contributed by atoms with Crippen LogP contribution in [0.15, 0.2) is 83.8 Å². The molecule has 2 N–H and O–H groups in total. The van der Waals surface area contributed by atoms with E-state index in [9.17, 15) is 22.8 Å². The van der Waals surface area contributed by atoms with Crippen LogP contribution in [0.25, 0.3) is 0 Å². The van der Waals surface area contributed by atoms with Crippen LogP contribution in [0.4, 0.5) is 5.69 Å². The summed E-state index contributed by atoms with van der Waals surface area (Å²) in [6.07, 6.45) is -0.180. The first-order valence-corrected chi connectivity index (χ1v) is 12.1. The molecule has 0 radical (unpaired) electrons. The van der Waals surface area contributed by atoms with Gasteiger partial charge in [-0.3, -0.25) is 14.4 Å². The van der Waals surface area contributed by atoms with Crippen molar-refractivity contribution in [2.75, 3.05) is 4.90 Å². The maximum absolute atomic E-state index is 13.5. The molecular formula is C25H23N3O5S. The molecule has 1 heterocycles. The van der Waals surface area contributed by atoms with Crippen molar-refractivity contribution in [1.29, 1.82) is 0 Å². The van der Waals surface area contributed by atoms with E-state index >= 15 is 0 Å². The standard InChI is InChI=1S/C25H23N3O5S/c1-17-6-5-9-19(14-17)24(30)27(16-18-7-3-2-4-8-18)22-15-23(29)28(25(22)31)20-10-12-21(13-11-20)34(26,32)33/h2-14,22H,15-16H2,1H3,(H2,26,32,33). The average Bonchev–Trinajstić information content (AvgIpc) is 3.10. The Hall–Kier alpha value is -3.82. The summed E-state index contributed by atoms with van der Waals surface area (Å²) in [7, 11) is -3.92. The van der Waals surface area contributed by atoms with E-state index in [4.69, 9.17) is 5.14 Å². The van der Waals surface area contributed by atoms with E-state index in [1.165, 1.54) is 29.2 Å². The van der Waals surface area contributed by atoms with Gasteiger partial charge in [-0.05, 0) is 48.9 Å². The number of nitrogens with zero attached hydrogens (tertiary/aromatic N) is 2. The third-order valence-electron chi connectivity index (χ3n) is 5.64. The van der Waals surface area contributed by atoms with Gasteiger partial charge in [0.1, 0.15) is 6.04 Å². The number of aryl methyl sites for hydroxylation is 1. The molecular weight excluding hydrogens is 454 g/mol. The molecule has 0 spiro atoms. The Kier molecular flexibility index (Phi) is 6.32. The minimum atomic E-state index is -3.92. The van der Waals surface area contributed by atoms with Crippen molar-refractivity contribution in [1.82, 2.24) is 4.90 Å². The molecule has 3 aromatic rings. The lowest BCUT2D eigenvalue weighted by Crippen LogP contribution is -2.45. The molecule has 1 unspecified atom stereocenters. The summed E-state index contributed by atoms with van der Waals surface area (Å²) in [4.78, 5) is 42.0. The highest BCUT2D eigenvalue weighted by molar-refractivity contribution is 7.89. The topological polar surface area (TPSA) is 118 Å². The predicted octanol–water partition coefficient (Wildman–Crippen LogP) is 2.62. The van der Waals surface area contributed by atoms with Crippen molar-refractivity contribution in [3.8, 4) is 0 Å². The molecule has 0 aromatic heterocycles.